The first kappa shape index (κ1) is 20.4. The highest BCUT2D eigenvalue weighted by Gasteiger charge is 2.39. The summed E-state index contributed by atoms with van der Waals surface area (Å²) in [5, 5.41) is 0. The van der Waals surface area contributed by atoms with Gasteiger partial charge in [-0.1, -0.05) is 36.4 Å². The Hall–Kier alpha value is -2.83. The number of benzene rings is 2. The van der Waals surface area contributed by atoms with E-state index in [-0.39, 0.29) is 37.4 Å². The molecule has 2 atom stereocenters. The quantitative estimate of drug-likeness (QED) is 0.750. The largest absolute Gasteiger partial charge is 0.416 e. The number of hydrogen-bond acceptors (Lipinski definition) is 2. The molecule has 0 radical (unpaired) electrons. The second kappa shape index (κ2) is 7.78. The maximum absolute atomic E-state index is 13.1. The SMILES string of the molecule is CN(C(=O)[C@H]1CC(=O)N(Cc2cccc(C(F)(F)F)c2)C1)[C@H]1CCc2ccccc21. The minimum atomic E-state index is -4.43. The summed E-state index contributed by atoms with van der Waals surface area (Å²) < 4.78 is 38.8. The van der Waals surface area contributed by atoms with E-state index in [1.807, 2.05) is 18.2 Å². The Morgan fingerprint density at radius 2 is 1.93 bits per heavy atom. The molecule has 0 spiro atoms. The van der Waals surface area contributed by atoms with Gasteiger partial charge >= 0.3 is 6.18 Å². The molecule has 2 aliphatic rings. The summed E-state index contributed by atoms with van der Waals surface area (Å²) in [6.07, 6.45) is -2.56. The number of likely N-dealkylation sites (tertiary alicyclic amines) is 1. The predicted molar refractivity (Wildman–Crippen MR) is 105 cm³/mol. The van der Waals surface area contributed by atoms with E-state index in [1.54, 1.807) is 18.0 Å². The van der Waals surface area contributed by atoms with Crippen LogP contribution in [0.2, 0.25) is 0 Å². The molecule has 0 N–H and O–H groups in total. The number of amides is 2. The van der Waals surface area contributed by atoms with E-state index in [0.717, 1.165) is 30.5 Å². The van der Waals surface area contributed by atoms with Crippen LogP contribution in [-0.4, -0.2) is 35.2 Å². The van der Waals surface area contributed by atoms with Crippen molar-refractivity contribution in [3.63, 3.8) is 0 Å². The second-order valence-corrected chi connectivity index (χ2v) is 8.08. The highest BCUT2D eigenvalue weighted by atomic mass is 19.4. The summed E-state index contributed by atoms with van der Waals surface area (Å²) >= 11 is 0. The van der Waals surface area contributed by atoms with Crippen LogP contribution in [0.25, 0.3) is 0 Å². The van der Waals surface area contributed by atoms with E-state index >= 15 is 0 Å². The molecule has 0 saturated carbocycles. The molecule has 1 saturated heterocycles. The highest BCUT2D eigenvalue weighted by Crippen LogP contribution is 2.36. The molecule has 1 aliphatic carbocycles. The Morgan fingerprint density at radius 1 is 1.17 bits per heavy atom. The van der Waals surface area contributed by atoms with Crippen molar-refractivity contribution in [2.45, 2.75) is 38.0 Å². The Bertz CT molecular complexity index is 973. The van der Waals surface area contributed by atoms with Gasteiger partial charge in [0.2, 0.25) is 11.8 Å². The van der Waals surface area contributed by atoms with Crippen LogP contribution in [0.4, 0.5) is 13.2 Å². The lowest BCUT2D eigenvalue weighted by Gasteiger charge is -2.28. The van der Waals surface area contributed by atoms with Crippen molar-refractivity contribution in [3.05, 3.63) is 70.8 Å². The fourth-order valence-electron chi connectivity index (χ4n) is 4.54. The highest BCUT2D eigenvalue weighted by molar-refractivity contribution is 5.89. The van der Waals surface area contributed by atoms with Crippen molar-refractivity contribution in [1.82, 2.24) is 9.80 Å². The zero-order valence-corrected chi connectivity index (χ0v) is 16.7. The lowest BCUT2D eigenvalue weighted by atomic mass is 10.0. The first-order valence-electron chi connectivity index (χ1n) is 10.0. The maximum atomic E-state index is 13.1. The van der Waals surface area contributed by atoms with E-state index in [9.17, 15) is 22.8 Å². The van der Waals surface area contributed by atoms with Crippen LogP contribution in [0, 0.1) is 5.92 Å². The van der Waals surface area contributed by atoms with Crippen LogP contribution in [0.15, 0.2) is 48.5 Å². The number of nitrogens with zero attached hydrogens (tertiary/aromatic N) is 2. The Balaban J connectivity index is 1.43. The molecule has 2 aromatic rings. The molecule has 0 bridgehead atoms. The number of hydrogen-bond donors (Lipinski definition) is 0. The topological polar surface area (TPSA) is 40.6 Å². The summed E-state index contributed by atoms with van der Waals surface area (Å²) in [6, 6.07) is 13.0. The lowest BCUT2D eigenvalue weighted by molar-refractivity contribution is -0.137. The van der Waals surface area contributed by atoms with Crippen molar-refractivity contribution in [2.24, 2.45) is 5.92 Å². The fraction of sp³-hybridized carbons (Fsp3) is 0.391. The number of carbonyl (C=O) groups is 2. The third-order valence-corrected chi connectivity index (χ3v) is 6.11. The summed E-state index contributed by atoms with van der Waals surface area (Å²) in [7, 11) is 1.77. The molecule has 2 amide bonds. The zero-order chi connectivity index (χ0) is 21.5. The Labute approximate surface area is 173 Å². The van der Waals surface area contributed by atoms with Gasteiger partial charge in [0.1, 0.15) is 0 Å². The van der Waals surface area contributed by atoms with Crippen molar-refractivity contribution >= 4 is 11.8 Å². The number of carbonyl (C=O) groups excluding carboxylic acids is 2. The van der Waals surface area contributed by atoms with Crippen molar-refractivity contribution < 1.29 is 22.8 Å². The number of halogens is 3. The smallest absolute Gasteiger partial charge is 0.338 e. The van der Waals surface area contributed by atoms with E-state index in [4.69, 9.17) is 0 Å². The average Bonchev–Trinajstić information content (AvgIpc) is 3.30. The fourth-order valence-corrected chi connectivity index (χ4v) is 4.54. The van der Waals surface area contributed by atoms with Gasteiger partial charge in [0.25, 0.3) is 0 Å². The monoisotopic (exact) mass is 416 g/mol. The molecule has 4 nitrogen and oxygen atoms in total. The van der Waals surface area contributed by atoms with E-state index in [0.29, 0.717) is 5.56 Å². The summed E-state index contributed by atoms with van der Waals surface area (Å²) in [6.45, 7) is 0.301. The molecule has 158 valence electrons. The number of aryl methyl sites for hydroxylation is 1. The average molecular weight is 416 g/mol. The molecule has 0 unspecified atom stereocenters. The Kier molecular flexibility index (Phi) is 5.30. The standard InChI is InChI=1S/C23H23F3N2O2/c1-27(20-10-9-16-6-2-3-8-19(16)20)22(30)17-12-21(29)28(14-17)13-15-5-4-7-18(11-15)23(24,25)26/h2-8,11,17,20H,9-10,12-14H2,1H3/t17-,20-/m0/s1. The molecule has 1 heterocycles. The van der Waals surface area contributed by atoms with Gasteiger partial charge in [-0.3, -0.25) is 9.59 Å². The molecular weight excluding hydrogens is 393 g/mol. The third-order valence-electron chi connectivity index (χ3n) is 6.11. The van der Waals surface area contributed by atoms with Gasteiger partial charge < -0.3 is 9.80 Å². The van der Waals surface area contributed by atoms with E-state index < -0.39 is 17.7 Å². The van der Waals surface area contributed by atoms with Crippen molar-refractivity contribution in [3.8, 4) is 0 Å². The van der Waals surface area contributed by atoms with Crippen molar-refractivity contribution in [2.75, 3.05) is 13.6 Å². The molecule has 7 heteroatoms. The van der Waals surface area contributed by atoms with Crippen LogP contribution >= 0.6 is 0 Å². The van der Waals surface area contributed by atoms with Crippen molar-refractivity contribution in [1.29, 1.82) is 0 Å². The summed E-state index contributed by atoms with van der Waals surface area (Å²) in [5.41, 5.74) is 2.07. The molecule has 1 fully saturated rings. The van der Waals surface area contributed by atoms with Gasteiger partial charge in [-0.15, -0.1) is 0 Å². The molecule has 4 rings (SSSR count). The summed E-state index contributed by atoms with van der Waals surface area (Å²) in [5.74, 6) is -0.761. The van der Waals surface area contributed by atoms with Gasteiger partial charge in [0.05, 0.1) is 17.5 Å². The lowest BCUT2D eigenvalue weighted by Crippen LogP contribution is -2.36. The van der Waals surface area contributed by atoms with Crippen LogP contribution in [0.1, 0.15) is 41.1 Å². The number of fused-ring (bicyclic) bond motifs is 1. The molecule has 2 aromatic carbocycles. The minimum absolute atomic E-state index is 0.00122. The molecule has 30 heavy (non-hydrogen) atoms. The van der Waals surface area contributed by atoms with Gasteiger partial charge in [-0.05, 0) is 41.7 Å². The number of alkyl halides is 3. The van der Waals surface area contributed by atoms with E-state index in [1.165, 1.54) is 16.5 Å². The molecule has 1 aliphatic heterocycles. The van der Waals surface area contributed by atoms with Crippen LogP contribution in [-0.2, 0) is 28.7 Å². The first-order chi connectivity index (χ1) is 14.2. The van der Waals surface area contributed by atoms with Gasteiger partial charge in [0, 0.05) is 26.6 Å². The first-order valence-corrected chi connectivity index (χ1v) is 10.0. The van der Waals surface area contributed by atoms with E-state index in [2.05, 4.69) is 6.07 Å². The van der Waals surface area contributed by atoms with Crippen LogP contribution in [0.3, 0.4) is 0 Å². The van der Waals surface area contributed by atoms with Gasteiger partial charge in [-0.2, -0.15) is 13.2 Å². The summed E-state index contributed by atoms with van der Waals surface area (Å²) in [4.78, 5) is 28.7. The predicted octanol–water partition coefficient (Wildman–Crippen LogP) is 4.20. The molecule has 0 aromatic heterocycles. The maximum Gasteiger partial charge on any atom is 0.416 e. The zero-order valence-electron chi connectivity index (χ0n) is 16.7. The molecular formula is C23H23F3N2O2. The Morgan fingerprint density at radius 3 is 2.70 bits per heavy atom. The number of rotatable bonds is 4. The normalized spacial score (nSPS) is 21.1. The second-order valence-electron chi connectivity index (χ2n) is 8.08. The minimum Gasteiger partial charge on any atom is -0.338 e. The van der Waals surface area contributed by atoms with Gasteiger partial charge in [-0.25, -0.2) is 0 Å². The van der Waals surface area contributed by atoms with Crippen LogP contribution < -0.4 is 0 Å². The van der Waals surface area contributed by atoms with Gasteiger partial charge in [0.15, 0.2) is 0 Å². The third kappa shape index (κ3) is 3.93. The van der Waals surface area contributed by atoms with Crippen LogP contribution in [0.5, 0.6) is 0 Å².